The Morgan fingerprint density at radius 3 is 0.833 bits per heavy atom. The molecule has 2 aromatic heterocycles. The van der Waals surface area contributed by atoms with Crippen LogP contribution in [0.1, 0.15) is 0 Å². The van der Waals surface area contributed by atoms with Gasteiger partial charge in [-0.3, -0.25) is 0 Å². The fourth-order valence-corrected chi connectivity index (χ4v) is 15.3. The maximum Gasteiger partial charge on any atom is 0.569 e. The zero-order chi connectivity index (χ0) is 68.0. The first-order valence-corrected chi connectivity index (χ1v) is 35.1. The molecule has 0 saturated carbocycles. The first kappa shape index (κ1) is 61.7. The van der Waals surface area contributed by atoms with Gasteiger partial charge in [-0.2, -0.15) is 0 Å². The number of hydrogen-bond acceptors (Lipinski definition) is 4. The lowest BCUT2D eigenvalue weighted by Gasteiger charge is -2.18. The molecule has 18 aromatic carbocycles. The maximum absolute atomic E-state index is 9.38. The second-order valence-electron chi connectivity index (χ2n) is 25.8. The van der Waals surface area contributed by atoms with Crippen molar-refractivity contribution in [2.45, 2.75) is 0 Å². The summed E-state index contributed by atoms with van der Waals surface area (Å²) in [6, 6.07) is 129. The molecule has 0 aliphatic carbocycles. The Balaban J connectivity index is 0.000000121. The van der Waals surface area contributed by atoms with Crippen LogP contribution < -0.4 is 4.65 Å². The van der Waals surface area contributed by atoms with E-state index >= 15 is 0 Å². The number of para-hydroxylation sites is 2. The van der Waals surface area contributed by atoms with Gasteiger partial charge in [-0.05, 0) is 192 Å². The van der Waals surface area contributed by atoms with Gasteiger partial charge in [0.1, 0.15) is 28.1 Å². The highest BCUT2D eigenvalue weighted by Crippen LogP contribution is 2.47. The summed E-state index contributed by atoms with van der Waals surface area (Å²) < 4.78 is 18.6. The van der Waals surface area contributed by atoms with Gasteiger partial charge in [-0.25, -0.2) is 0 Å². The van der Waals surface area contributed by atoms with Crippen molar-refractivity contribution in [1.82, 2.24) is 0 Å². The van der Waals surface area contributed by atoms with Gasteiger partial charge in [0.25, 0.3) is 0 Å². The van der Waals surface area contributed by atoms with E-state index in [9.17, 15) is 5.02 Å². The number of rotatable bonds is 9. The molecule has 0 aliphatic rings. The van der Waals surface area contributed by atoms with Gasteiger partial charge >= 0.3 is 7.69 Å². The highest BCUT2D eigenvalue weighted by atomic mass is 79.9. The molecule has 20 aromatic rings. The second kappa shape index (κ2) is 26.6. The SMILES string of the molecule is Brc1ccc(-c2ccc3oc4ccccc4c3c2)cc1.O[B]Oc1c2ccccc2c(-c2ccc(-c3ccc4ccccc4c3)cc2)c2ccccc12.c1ccc2cc(-c3ccc(-c4c5ccccc5c(-c5ccc(-c6ccc7oc8ccccc8c7c6)cc5)c5ccccc45)cc3)ccc2c1. The van der Waals surface area contributed by atoms with Crippen molar-refractivity contribution in [1.29, 1.82) is 0 Å². The van der Waals surface area contributed by atoms with Crippen molar-refractivity contribution in [2.75, 3.05) is 0 Å². The zero-order valence-corrected chi connectivity index (χ0v) is 56.9. The van der Waals surface area contributed by atoms with Crippen molar-refractivity contribution in [3.8, 4) is 83.6 Å². The van der Waals surface area contributed by atoms with Gasteiger partial charge in [-0.1, -0.05) is 319 Å². The van der Waals surface area contributed by atoms with E-state index in [1.165, 1.54) is 121 Å². The predicted octanol–water partition coefficient (Wildman–Crippen LogP) is 27.1. The lowest BCUT2D eigenvalue weighted by atomic mass is 9.85. The highest BCUT2D eigenvalue weighted by Gasteiger charge is 2.20. The monoisotopic (exact) mass is 1370 g/mol. The molecular formula is C96H61BBrO4. The average molecular weight is 1370 g/mol. The molecule has 0 amide bonds. The molecule has 1 N–H and O–H groups in total. The van der Waals surface area contributed by atoms with E-state index in [0.29, 0.717) is 5.75 Å². The Labute approximate surface area is 598 Å². The maximum atomic E-state index is 9.38. The molecule has 0 fully saturated rings. The standard InChI is InChI=1S/C48H30O.C30H20BO2.C18H11BrO/c1-2-10-36-29-37(26-21-31(36)9-1)32-17-22-34(23-18-32)47-40-12-3-5-14-42(40)48(43-15-6-4-13-41(43)47)35-24-19-33(20-25-35)38-27-28-46-44(30-38)39-11-7-8-16-45(39)49-46;32-31-33-30-27-11-5-3-9-25(27)29(26-10-4-6-12-28(26)30)22-16-13-21(14-17-22)24-18-15-20-7-1-2-8-23(20)19-24;19-14-8-5-12(6-9-14)13-7-10-18-16(11-13)15-3-1-2-4-17(15)20-18/h1-30H;1-19,32H;1-11H. The van der Waals surface area contributed by atoms with E-state index in [4.69, 9.17) is 13.5 Å². The Bertz CT molecular complexity index is 6460. The molecule has 0 bridgehead atoms. The summed E-state index contributed by atoms with van der Waals surface area (Å²) >= 11 is 3.47. The van der Waals surface area contributed by atoms with Crippen molar-refractivity contribution in [2.24, 2.45) is 0 Å². The minimum absolute atomic E-state index is 0.667. The topological polar surface area (TPSA) is 55.7 Å². The van der Waals surface area contributed by atoms with Crippen molar-refractivity contribution in [3.05, 3.63) is 368 Å². The lowest BCUT2D eigenvalue weighted by molar-refractivity contribution is 0.459. The predicted molar refractivity (Wildman–Crippen MR) is 433 cm³/mol. The van der Waals surface area contributed by atoms with Gasteiger partial charge in [-0.15, -0.1) is 0 Å². The van der Waals surface area contributed by atoms with E-state index in [0.717, 1.165) is 77.9 Å². The molecule has 4 nitrogen and oxygen atoms in total. The van der Waals surface area contributed by atoms with E-state index in [2.05, 4.69) is 307 Å². The van der Waals surface area contributed by atoms with Crippen LogP contribution in [0.5, 0.6) is 5.75 Å². The van der Waals surface area contributed by atoms with Gasteiger partial charge in [0, 0.05) is 36.8 Å². The smallest absolute Gasteiger partial charge is 0.537 e. The molecule has 6 heteroatoms. The molecule has 0 unspecified atom stereocenters. The fraction of sp³-hybridized carbons (Fsp3) is 0. The number of halogens is 1. The van der Waals surface area contributed by atoms with Crippen molar-refractivity contribution >= 4 is 132 Å². The van der Waals surface area contributed by atoms with Gasteiger partial charge in [0.15, 0.2) is 0 Å². The molecule has 2 heterocycles. The molecular weight excluding hydrogens is 1310 g/mol. The quantitative estimate of drug-likeness (QED) is 0.116. The van der Waals surface area contributed by atoms with Crippen molar-refractivity contribution < 1.29 is 18.5 Å². The average Bonchev–Trinajstić information content (AvgIpc) is 1.04. The molecule has 0 saturated heterocycles. The van der Waals surface area contributed by atoms with Gasteiger partial charge in [0.2, 0.25) is 0 Å². The zero-order valence-electron chi connectivity index (χ0n) is 55.3. The largest absolute Gasteiger partial charge is 0.569 e. The van der Waals surface area contributed by atoms with E-state index < -0.39 is 0 Å². The molecule has 1 radical (unpaired) electrons. The molecule has 0 spiro atoms. The van der Waals surface area contributed by atoms with Gasteiger partial charge in [0.05, 0.1) is 0 Å². The summed E-state index contributed by atoms with van der Waals surface area (Å²) in [7, 11) is 0.756. The number of furan rings is 2. The third kappa shape index (κ3) is 11.5. The van der Waals surface area contributed by atoms with Crippen LogP contribution in [0.25, 0.3) is 186 Å². The summed E-state index contributed by atoms with van der Waals surface area (Å²) in [5.41, 5.74) is 20.6. The highest BCUT2D eigenvalue weighted by molar-refractivity contribution is 9.10. The van der Waals surface area contributed by atoms with Crippen LogP contribution >= 0.6 is 15.9 Å². The third-order valence-electron chi connectivity index (χ3n) is 19.9. The van der Waals surface area contributed by atoms with Crippen LogP contribution in [-0.4, -0.2) is 12.7 Å². The number of hydrogen-bond donors (Lipinski definition) is 1. The summed E-state index contributed by atoms with van der Waals surface area (Å²) in [5.74, 6) is 0.667. The second-order valence-corrected chi connectivity index (χ2v) is 26.8. The van der Waals surface area contributed by atoms with E-state index in [1.807, 2.05) is 72.8 Å². The molecule has 0 aliphatic heterocycles. The normalized spacial score (nSPS) is 11.4. The Kier molecular flexibility index (Phi) is 16.1. The summed E-state index contributed by atoms with van der Waals surface area (Å²) in [5, 5.41) is 28.2. The number of benzene rings is 18. The van der Waals surface area contributed by atoms with Crippen LogP contribution in [0, 0.1) is 0 Å². The molecule has 0 atom stereocenters. The molecule has 102 heavy (non-hydrogen) atoms. The minimum atomic E-state index is 0.667. The number of fused-ring (bicyclic) bond motifs is 12. The first-order valence-electron chi connectivity index (χ1n) is 34.3. The lowest BCUT2D eigenvalue weighted by Crippen LogP contribution is -2.01. The van der Waals surface area contributed by atoms with Crippen molar-refractivity contribution in [3.63, 3.8) is 0 Å². The van der Waals surface area contributed by atoms with Crippen LogP contribution in [-0.2, 0) is 0 Å². The third-order valence-corrected chi connectivity index (χ3v) is 20.5. The van der Waals surface area contributed by atoms with Crippen LogP contribution in [0.15, 0.2) is 377 Å². The van der Waals surface area contributed by atoms with Crippen LogP contribution in [0.4, 0.5) is 0 Å². The Morgan fingerprint density at radius 2 is 0.471 bits per heavy atom. The van der Waals surface area contributed by atoms with Gasteiger partial charge < -0.3 is 18.5 Å². The van der Waals surface area contributed by atoms with Crippen LogP contribution in [0.2, 0.25) is 0 Å². The van der Waals surface area contributed by atoms with Crippen LogP contribution in [0.3, 0.4) is 0 Å². The summed E-state index contributed by atoms with van der Waals surface area (Å²) in [6.07, 6.45) is 0. The Hall–Kier alpha value is -12.6. The summed E-state index contributed by atoms with van der Waals surface area (Å²) in [6.45, 7) is 0. The first-order chi connectivity index (χ1) is 50.4. The minimum Gasteiger partial charge on any atom is -0.537 e. The fourth-order valence-electron chi connectivity index (χ4n) is 15.0. The summed E-state index contributed by atoms with van der Waals surface area (Å²) in [4.78, 5) is 0. The van der Waals surface area contributed by atoms with E-state index in [-0.39, 0.29) is 0 Å². The molecule has 20 rings (SSSR count). The Morgan fingerprint density at radius 1 is 0.216 bits per heavy atom. The molecule has 479 valence electrons. The van der Waals surface area contributed by atoms with E-state index in [1.54, 1.807) is 0 Å².